The lowest BCUT2D eigenvalue weighted by atomic mass is 10.1. The van der Waals surface area contributed by atoms with Crippen LogP contribution in [0.15, 0.2) is 16.9 Å². The quantitative estimate of drug-likeness (QED) is 0.474. The molecule has 0 N–H and O–H groups in total. The van der Waals surface area contributed by atoms with Crippen molar-refractivity contribution >= 4 is 5.97 Å². The molecule has 0 aliphatic heterocycles. The van der Waals surface area contributed by atoms with Crippen molar-refractivity contribution in [1.29, 1.82) is 0 Å². The lowest BCUT2D eigenvalue weighted by molar-refractivity contribution is -0.189. The number of carbonyl (C=O) groups is 1. The highest BCUT2D eigenvalue weighted by molar-refractivity contribution is 5.93. The van der Waals surface area contributed by atoms with Crippen molar-refractivity contribution in [3.63, 3.8) is 0 Å². The smallest absolute Gasteiger partial charge is 0.425 e. The minimum atomic E-state index is -4.74. The van der Waals surface area contributed by atoms with Gasteiger partial charge in [-0.25, -0.2) is 14.0 Å². The van der Waals surface area contributed by atoms with Crippen molar-refractivity contribution in [3.8, 4) is 11.4 Å². The molecule has 0 spiro atoms. The Morgan fingerprint density at radius 1 is 1.25 bits per heavy atom. The maximum Gasteiger partial charge on any atom is 0.425 e. The summed E-state index contributed by atoms with van der Waals surface area (Å²) in [4.78, 5) is 25.4. The zero-order chi connectivity index (χ0) is 24.0. The summed E-state index contributed by atoms with van der Waals surface area (Å²) in [5.74, 6) is -2.22. The van der Waals surface area contributed by atoms with Crippen LogP contribution in [0.4, 0.5) is 17.6 Å². The van der Waals surface area contributed by atoms with E-state index in [0.29, 0.717) is 18.3 Å². The van der Waals surface area contributed by atoms with Gasteiger partial charge in [0.05, 0.1) is 0 Å². The van der Waals surface area contributed by atoms with Gasteiger partial charge < -0.3 is 9.47 Å². The Kier molecular flexibility index (Phi) is 6.14. The first-order valence-electron chi connectivity index (χ1n) is 10.2. The fourth-order valence-electron chi connectivity index (χ4n) is 3.07. The van der Waals surface area contributed by atoms with E-state index in [1.165, 1.54) is 4.57 Å². The highest BCUT2D eigenvalue weighted by Crippen LogP contribution is 2.35. The number of nitrogens with zero attached hydrogens (tertiary/aromatic N) is 3. The summed E-state index contributed by atoms with van der Waals surface area (Å²) in [6.45, 7) is 7.22. The lowest BCUT2D eigenvalue weighted by Crippen LogP contribution is -2.32. The molecule has 1 heterocycles. The Labute approximate surface area is 181 Å². The molecule has 1 fully saturated rings. The summed E-state index contributed by atoms with van der Waals surface area (Å²) in [5, 5.41) is 4.16. The molecule has 176 valence electrons. The normalized spacial score (nSPS) is 15.5. The molecule has 7 nitrogen and oxygen atoms in total. The molecule has 3 rings (SSSR count). The predicted octanol–water partition coefficient (Wildman–Crippen LogP) is 4.36. The van der Waals surface area contributed by atoms with Gasteiger partial charge in [-0.2, -0.15) is 17.9 Å². The van der Waals surface area contributed by atoms with E-state index in [9.17, 15) is 22.8 Å². The van der Waals surface area contributed by atoms with E-state index in [-0.39, 0.29) is 6.04 Å². The molecule has 1 aromatic carbocycles. The molecule has 1 aliphatic rings. The summed E-state index contributed by atoms with van der Waals surface area (Å²) in [6.07, 6.45) is -5.05. The first kappa shape index (κ1) is 23.8. The number of rotatable bonds is 6. The molecule has 32 heavy (non-hydrogen) atoms. The monoisotopic (exact) mass is 459 g/mol. The van der Waals surface area contributed by atoms with Crippen LogP contribution >= 0.6 is 0 Å². The van der Waals surface area contributed by atoms with Crippen molar-refractivity contribution in [2.45, 2.75) is 77.8 Å². The van der Waals surface area contributed by atoms with Crippen LogP contribution in [0.5, 0.6) is 5.75 Å². The van der Waals surface area contributed by atoms with Gasteiger partial charge in [0.25, 0.3) is 0 Å². The lowest BCUT2D eigenvalue weighted by Gasteiger charge is -2.23. The number of hydrogen-bond acceptors (Lipinski definition) is 5. The van der Waals surface area contributed by atoms with Gasteiger partial charge in [0.15, 0.2) is 6.10 Å². The molecule has 0 radical (unpaired) electrons. The van der Waals surface area contributed by atoms with E-state index in [0.717, 1.165) is 30.5 Å². The van der Waals surface area contributed by atoms with Crippen LogP contribution in [0.25, 0.3) is 5.69 Å². The second kappa shape index (κ2) is 8.25. The maximum absolute atomic E-state index is 15.0. The van der Waals surface area contributed by atoms with Crippen LogP contribution in [0.3, 0.4) is 0 Å². The van der Waals surface area contributed by atoms with Gasteiger partial charge in [-0.1, -0.05) is 6.92 Å². The standard InChI is InChI=1S/C21H25F4N3O4/c1-6-17-26-28(19(30)27(17)12-7-8-12)15-10-16(31-11(2)21(23,24)25)13(9-14(15)22)18(29)32-20(3,4)5/h9-12H,6-8H2,1-5H3/t11-/m0/s1. The van der Waals surface area contributed by atoms with Gasteiger partial charge in [0.2, 0.25) is 0 Å². The van der Waals surface area contributed by atoms with Crippen molar-refractivity contribution in [3.05, 3.63) is 39.8 Å². The number of benzene rings is 1. The highest BCUT2D eigenvalue weighted by atomic mass is 19.4. The zero-order valence-electron chi connectivity index (χ0n) is 18.4. The van der Waals surface area contributed by atoms with Crippen LogP contribution in [-0.2, 0) is 11.2 Å². The van der Waals surface area contributed by atoms with Crippen molar-refractivity contribution in [2.24, 2.45) is 0 Å². The van der Waals surface area contributed by atoms with Gasteiger partial charge in [-0.3, -0.25) is 4.57 Å². The van der Waals surface area contributed by atoms with E-state index < -0.39 is 52.4 Å². The third-order valence-electron chi connectivity index (χ3n) is 4.77. The Morgan fingerprint density at radius 2 is 1.88 bits per heavy atom. The summed E-state index contributed by atoms with van der Waals surface area (Å²) in [5.41, 5.74) is -2.53. The second-order valence-electron chi connectivity index (χ2n) is 8.67. The van der Waals surface area contributed by atoms with Crippen molar-refractivity contribution in [2.75, 3.05) is 0 Å². The molecule has 1 saturated carbocycles. The molecular weight excluding hydrogens is 434 g/mol. The molecule has 1 atom stereocenters. The van der Waals surface area contributed by atoms with Crippen LogP contribution < -0.4 is 10.4 Å². The fraction of sp³-hybridized carbons (Fsp3) is 0.571. The highest BCUT2D eigenvalue weighted by Gasteiger charge is 2.39. The van der Waals surface area contributed by atoms with Crippen LogP contribution in [0.2, 0.25) is 0 Å². The number of ether oxygens (including phenoxy) is 2. The Bertz CT molecular complexity index is 1080. The molecule has 2 aromatic rings. The molecular formula is C21H25F4N3O4. The third kappa shape index (κ3) is 4.97. The first-order valence-corrected chi connectivity index (χ1v) is 10.2. The largest absolute Gasteiger partial charge is 0.480 e. The Morgan fingerprint density at radius 3 is 2.38 bits per heavy atom. The van der Waals surface area contributed by atoms with Crippen molar-refractivity contribution in [1.82, 2.24) is 14.3 Å². The van der Waals surface area contributed by atoms with E-state index >= 15 is 4.39 Å². The average molecular weight is 459 g/mol. The molecule has 0 amide bonds. The average Bonchev–Trinajstić information content (AvgIpc) is 3.43. The van der Waals surface area contributed by atoms with E-state index in [1.807, 2.05) is 0 Å². The number of halogens is 4. The summed E-state index contributed by atoms with van der Waals surface area (Å²) in [7, 11) is 0. The van der Waals surface area contributed by atoms with Gasteiger partial charge >= 0.3 is 17.8 Å². The Balaban J connectivity index is 2.14. The van der Waals surface area contributed by atoms with Gasteiger partial charge in [-0.15, -0.1) is 5.10 Å². The maximum atomic E-state index is 15.0. The number of esters is 1. The predicted molar refractivity (Wildman–Crippen MR) is 107 cm³/mol. The first-order chi connectivity index (χ1) is 14.7. The Hall–Kier alpha value is -2.85. The van der Waals surface area contributed by atoms with E-state index in [4.69, 9.17) is 9.47 Å². The number of carbonyl (C=O) groups excluding carboxylic acids is 1. The summed E-state index contributed by atoms with van der Waals surface area (Å²) in [6, 6.07) is 1.55. The second-order valence-corrected chi connectivity index (χ2v) is 8.67. The molecule has 0 unspecified atom stereocenters. The minimum Gasteiger partial charge on any atom is -0.480 e. The van der Waals surface area contributed by atoms with Crippen molar-refractivity contribution < 1.29 is 31.8 Å². The molecule has 1 aromatic heterocycles. The van der Waals surface area contributed by atoms with Crippen LogP contribution in [-0.4, -0.2) is 38.2 Å². The summed E-state index contributed by atoms with van der Waals surface area (Å²) < 4.78 is 66.8. The van der Waals surface area contributed by atoms with Gasteiger partial charge in [0, 0.05) is 18.5 Å². The topological polar surface area (TPSA) is 75.4 Å². The zero-order valence-corrected chi connectivity index (χ0v) is 18.4. The summed E-state index contributed by atoms with van der Waals surface area (Å²) >= 11 is 0. The number of hydrogen-bond donors (Lipinski definition) is 0. The number of alkyl halides is 3. The molecule has 0 saturated heterocycles. The van der Waals surface area contributed by atoms with E-state index in [2.05, 4.69) is 5.10 Å². The third-order valence-corrected chi connectivity index (χ3v) is 4.77. The fourth-order valence-corrected chi connectivity index (χ4v) is 3.07. The molecule has 11 heteroatoms. The SMILES string of the molecule is CCc1nn(-c2cc(O[C@@H](C)C(F)(F)F)c(C(=O)OC(C)(C)C)cc2F)c(=O)n1C1CC1. The van der Waals surface area contributed by atoms with E-state index in [1.54, 1.807) is 27.7 Å². The van der Waals surface area contributed by atoms with Crippen LogP contribution in [0, 0.1) is 5.82 Å². The number of aromatic nitrogens is 3. The number of aryl methyl sites for hydroxylation is 1. The van der Waals surface area contributed by atoms with Gasteiger partial charge in [-0.05, 0) is 46.6 Å². The molecule has 1 aliphatic carbocycles. The van der Waals surface area contributed by atoms with Gasteiger partial charge in [0.1, 0.15) is 34.2 Å². The molecule has 0 bridgehead atoms. The minimum absolute atomic E-state index is 0.0312. The van der Waals surface area contributed by atoms with Crippen LogP contribution in [0.1, 0.15) is 69.7 Å².